The minimum atomic E-state index is -3.15. The smallest absolute Gasteiger partial charge is 0.320 e. The van der Waals surface area contributed by atoms with E-state index in [-0.39, 0.29) is 22.8 Å². The highest BCUT2D eigenvalue weighted by Gasteiger charge is 2.44. The number of anilines is 1. The molecule has 0 radical (unpaired) electrons. The lowest BCUT2D eigenvalue weighted by atomic mass is 9.94. The van der Waals surface area contributed by atoms with Crippen LogP contribution in [0.4, 0.5) is 14.9 Å². The molecule has 3 unspecified atom stereocenters. The summed E-state index contributed by atoms with van der Waals surface area (Å²) in [5, 5.41) is 11.2. The number of nitrogens with zero attached hydrogens (tertiary/aromatic N) is 4. The van der Waals surface area contributed by atoms with E-state index in [2.05, 4.69) is 10.2 Å². The first-order valence-corrected chi connectivity index (χ1v) is 15.9. The largest absolute Gasteiger partial charge is 0.322 e. The molecule has 3 aliphatic rings. The molecule has 2 aliphatic carbocycles. The molecule has 3 atom stereocenters. The fraction of sp³-hybridized carbons (Fsp3) is 0.517. The van der Waals surface area contributed by atoms with Crippen LogP contribution >= 0.6 is 11.6 Å². The molecule has 3 fully saturated rings. The van der Waals surface area contributed by atoms with Gasteiger partial charge in [0, 0.05) is 51.0 Å². The molecule has 1 N–H and O–H groups in total. The summed E-state index contributed by atoms with van der Waals surface area (Å²) in [6, 6.07) is 15.4. The van der Waals surface area contributed by atoms with E-state index in [1.54, 1.807) is 23.4 Å². The molecule has 2 saturated carbocycles. The molecule has 216 valence electrons. The van der Waals surface area contributed by atoms with Crippen LogP contribution in [-0.2, 0) is 10.0 Å². The van der Waals surface area contributed by atoms with Crippen molar-refractivity contribution < 1.29 is 17.6 Å². The summed E-state index contributed by atoms with van der Waals surface area (Å²) in [5.74, 6) is 1.17. The number of urea groups is 1. The summed E-state index contributed by atoms with van der Waals surface area (Å²) in [7, 11) is -3.15. The van der Waals surface area contributed by atoms with Crippen molar-refractivity contribution in [2.24, 2.45) is 11.8 Å². The van der Waals surface area contributed by atoms with E-state index in [1.807, 2.05) is 29.2 Å². The molecule has 2 aromatic rings. The average molecular weight is 590 g/mol. The summed E-state index contributed by atoms with van der Waals surface area (Å²) in [6.45, 7) is 5.25. The van der Waals surface area contributed by atoms with Gasteiger partial charge < -0.3 is 10.2 Å². The van der Waals surface area contributed by atoms with Crippen molar-refractivity contribution in [1.29, 1.82) is 5.26 Å². The van der Waals surface area contributed by atoms with E-state index >= 15 is 0 Å². The number of benzene rings is 2. The number of fused-ring (bicyclic) bond motifs is 1. The van der Waals surface area contributed by atoms with Crippen LogP contribution in [0.5, 0.6) is 0 Å². The minimum absolute atomic E-state index is 0.0206. The standard InChI is InChI=1S/C22H32ClFN4O3S.C7H5N/c1-2-32(30,31)27-10-7-26(8-11-27)9-12-28(19-5-3-16-13-17(16)14-19)22(29)25-18-4-6-21(24)20(23)15-18;8-6-7-4-2-1-3-5-7/h4,6,15-17,19H,2-3,5,7-14H2,1H3,(H,25,29);1-5H. The van der Waals surface area contributed by atoms with Crippen molar-refractivity contribution >= 4 is 33.3 Å². The maximum atomic E-state index is 13.5. The van der Waals surface area contributed by atoms with Gasteiger partial charge in [0.15, 0.2) is 0 Å². The number of amides is 2. The summed E-state index contributed by atoms with van der Waals surface area (Å²) in [6.07, 6.45) is 4.47. The lowest BCUT2D eigenvalue weighted by molar-refractivity contribution is 0.133. The van der Waals surface area contributed by atoms with Gasteiger partial charge in [-0.25, -0.2) is 17.6 Å². The highest BCUT2D eigenvalue weighted by atomic mass is 35.5. The topological polar surface area (TPSA) is 96.8 Å². The number of hydrogen-bond donors (Lipinski definition) is 1. The van der Waals surface area contributed by atoms with E-state index in [0.29, 0.717) is 50.5 Å². The van der Waals surface area contributed by atoms with E-state index in [1.165, 1.54) is 24.6 Å². The molecular formula is C29H37ClFN5O3S. The molecule has 5 rings (SSSR count). The third-order valence-corrected chi connectivity index (χ3v) is 10.2. The number of nitriles is 1. The zero-order valence-corrected chi connectivity index (χ0v) is 24.4. The van der Waals surface area contributed by atoms with E-state index in [9.17, 15) is 17.6 Å². The predicted octanol–water partition coefficient (Wildman–Crippen LogP) is 5.03. The average Bonchev–Trinajstić information content (AvgIpc) is 3.75. The van der Waals surface area contributed by atoms with Gasteiger partial charge in [-0.1, -0.05) is 29.8 Å². The van der Waals surface area contributed by atoms with Gasteiger partial charge in [-0.3, -0.25) is 4.90 Å². The van der Waals surface area contributed by atoms with Crippen LogP contribution in [-0.4, -0.2) is 79.6 Å². The molecule has 40 heavy (non-hydrogen) atoms. The maximum absolute atomic E-state index is 13.5. The van der Waals surface area contributed by atoms with Gasteiger partial charge in [-0.2, -0.15) is 9.57 Å². The van der Waals surface area contributed by atoms with Crippen LogP contribution in [0, 0.1) is 29.0 Å². The van der Waals surface area contributed by atoms with Crippen molar-refractivity contribution in [1.82, 2.24) is 14.1 Å². The molecule has 1 aliphatic heterocycles. The van der Waals surface area contributed by atoms with Crippen LogP contribution in [0.1, 0.15) is 38.2 Å². The lowest BCUT2D eigenvalue weighted by Gasteiger charge is -2.38. The third kappa shape index (κ3) is 8.16. The van der Waals surface area contributed by atoms with Crippen LogP contribution in [0.25, 0.3) is 0 Å². The van der Waals surface area contributed by atoms with Crippen molar-refractivity contribution in [2.75, 3.05) is 50.3 Å². The van der Waals surface area contributed by atoms with Gasteiger partial charge in [-0.05, 0) is 74.8 Å². The van der Waals surface area contributed by atoms with Crippen molar-refractivity contribution in [2.45, 2.75) is 38.6 Å². The van der Waals surface area contributed by atoms with Crippen molar-refractivity contribution in [3.8, 4) is 6.07 Å². The second-order valence-electron chi connectivity index (χ2n) is 10.6. The van der Waals surface area contributed by atoms with Gasteiger partial charge in [0.05, 0.1) is 22.4 Å². The SMILES string of the molecule is CCS(=O)(=O)N1CCN(CCN(C(=O)Nc2ccc(F)c(Cl)c2)C2CCC3CC3C2)CC1.N#Cc1ccccc1. The highest BCUT2D eigenvalue weighted by molar-refractivity contribution is 7.89. The summed E-state index contributed by atoms with van der Waals surface area (Å²) >= 11 is 5.87. The number of carbonyl (C=O) groups is 1. The number of piperazine rings is 1. The molecule has 2 aromatic carbocycles. The molecule has 1 saturated heterocycles. The minimum Gasteiger partial charge on any atom is -0.320 e. The molecule has 8 nitrogen and oxygen atoms in total. The van der Waals surface area contributed by atoms with E-state index < -0.39 is 15.8 Å². The van der Waals surface area contributed by atoms with E-state index in [4.69, 9.17) is 16.9 Å². The number of hydrogen-bond acceptors (Lipinski definition) is 5. The normalized spacial score (nSPS) is 22.7. The molecule has 0 bridgehead atoms. The number of rotatable bonds is 7. The fourth-order valence-electron chi connectivity index (χ4n) is 5.50. The lowest BCUT2D eigenvalue weighted by Crippen LogP contribution is -2.52. The Morgan fingerprint density at radius 2 is 1.82 bits per heavy atom. The number of nitrogens with one attached hydrogen (secondary N) is 1. The molecular weight excluding hydrogens is 553 g/mol. The first kappa shape index (κ1) is 30.3. The zero-order chi connectivity index (χ0) is 28.7. The third-order valence-electron chi connectivity index (χ3n) is 8.04. The fourth-order valence-corrected chi connectivity index (χ4v) is 6.77. The monoisotopic (exact) mass is 589 g/mol. The molecule has 11 heteroatoms. The first-order chi connectivity index (χ1) is 19.2. The summed E-state index contributed by atoms with van der Waals surface area (Å²) in [4.78, 5) is 17.3. The first-order valence-electron chi connectivity index (χ1n) is 13.9. The predicted molar refractivity (Wildman–Crippen MR) is 155 cm³/mol. The quantitative estimate of drug-likeness (QED) is 0.489. The van der Waals surface area contributed by atoms with Gasteiger partial charge in [0.2, 0.25) is 10.0 Å². The zero-order valence-electron chi connectivity index (χ0n) is 22.8. The Morgan fingerprint density at radius 1 is 1.10 bits per heavy atom. The van der Waals surface area contributed by atoms with Gasteiger partial charge in [-0.15, -0.1) is 0 Å². The van der Waals surface area contributed by atoms with Crippen LogP contribution < -0.4 is 5.32 Å². The van der Waals surface area contributed by atoms with Crippen molar-refractivity contribution in [3.05, 3.63) is 64.9 Å². The number of halogens is 2. The summed E-state index contributed by atoms with van der Waals surface area (Å²) in [5.41, 5.74) is 1.19. The van der Waals surface area contributed by atoms with Crippen LogP contribution in [0.3, 0.4) is 0 Å². The second-order valence-corrected chi connectivity index (χ2v) is 13.3. The number of carbonyl (C=O) groups excluding carboxylic acids is 1. The number of sulfonamides is 1. The van der Waals surface area contributed by atoms with Gasteiger partial charge in [0.25, 0.3) is 0 Å². The van der Waals surface area contributed by atoms with Crippen molar-refractivity contribution in [3.63, 3.8) is 0 Å². The molecule has 0 aromatic heterocycles. The second kappa shape index (κ2) is 13.8. The Morgan fingerprint density at radius 3 is 2.42 bits per heavy atom. The Hall–Kier alpha value is -2.71. The van der Waals surface area contributed by atoms with Crippen LogP contribution in [0.2, 0.25) is 5.02 Å². The van der Waals surface area contributed by atoms with E-state index in [0.717, 1.165) is 31.1 Å². The van der Waals surface area contributed by atoms with Gasteiger partial charge >= 0.3 is 6.03 Å². The van der Waals surface area contributed by atoms with Crippen LogP contribution in [0.15, 0.2) is 48.5 Å². The maximum Gasteiger partial charge on any atom is 0.322 e. The summed E-state index contributed by atoms with van der Waals surface area (Å²) < 4.78 is 39.2. The Bertz CT molecular complexity index is 1300. The molecule has 2 amide bonds. The van der Waals surface area contributed by atoms with Gasteiger partial charge in [0.1, 0.15) is 5.82 Å². The Kier molecular flexibility index (Phi) is 10.4. The Balaban J connectivity index is 0.000000398. The Labute approximate surface area is 241 Å². The highest BCUT2D eigenvalue weighted by Crippen LogP contribution is 2.50. The molecule has 1 heterocycles. The molecule has 0 spiro atoms.